The molecule has 49 heavy (non-hydrogen) atoms. The SMILES string of the molecule is C=CC1CC(C)=CN1C(=O)c1cc(OC)c(OCCCCCOc2cc(N=CC(C)C/C(C)=C\C)c(C(C)=O)cc2OCCCN)cc1C. The van der Waals surface area contributed by atoms with Crippen LogP contribution in [-0.2, 0) is 0 Å². The van der Waals surface area contributed by atoms with Crippen molar-refractivity contribution in [1.82, 2.24) is 4.90 Å². The van der Waals surface area contributed by atoms with Gasteiger partial charge in [-0.3, -0.25) is 14.6 Å². The highest BCUT2D eigenvalue weighted by Crippen LogP contribution is 2.37. The molecule has 0 aromatic heterocycles. The lowest BCUT2D eigenvalue weighted by Crippen LogP contribution is -2.31. The number of benzene rings is 2. The van der Waals surface area contributed by atoms with Gasteiger partial charge < -0.3 is 29.6 Å². The summed E-state index contributed by atoms with van der Waals surface area (Å²) >= 11 is 0. The lowest BCUT2D eigenvalue weighted by Gasteiger charge is -2.22. The highest BCUT2D eigenvalue weighted by atomic mass is 16.5. The summed E-state index contributed by atoms with van der Waals surface area (Å²) in [5.74, 6) is 2.24. The van der Waals surface area contributed by atoms with E-state index in [4.69, 9.17) is 29.7 Å². The molecule has 2 unspecified atom stereocenters. The zero-order valence-electron chi connectivity index (χ0n) is 30.5. The number of Topliss-reactive ketones (excluding diaryl/α,β-unsaturated/α-hetero) is 1. The number of ketones is 1. The number of carbonyl (C=O) groups excluding carboxylic acids is 2. The number of nitrogens with two attached hydrogens (primary N) is 1. The average molecular weight is 674 g/mol. The van der Waals surface area contributed by atoms with Crippen LogP contribution < -0.4 is 24.7 Å². The van der Waals surface area contributed by atoms with Gasteiger partial charge in [-0.15, -0.1) is 6.58 Å². The van der Waals surface area contributed by atoms with Crippen LogP contribution in [0.1, 0.15) is 99.4 Å². The van der Waals surface area contributed by atoms with Crippen LogP contribution in [0.15, 0.2) is 65.3 Å². The van der Waals surface area contributed by atoms with Crippen molar-refractivity contribution in [3.63, 3.8) is 0 Å². The quantitative estimate of drug-likeness (QED) is 0.0649. The molecule has 9 heteroatoms. The maximum absolute atomic E-state index is 13.4. The van der Waals surface area contributed by atoms with Crippen molar-refractivity contribution in [2.24, 2.45) is 16.6 Å². The summed E-state index contributed by atoms with van der Waals surface area (Å²) in [6.45, 7) is 17.5. The van der Waals surface area contributed by atoms with Gasteiger partial charge in [0.1, 0.15) is 0 Å². The minimum absolute atomic E-state index is 0.0464. The Bertz CT molecular complexity index is 1540. The van der Waals surface area contributed by atoms with Crippen molar-refractivity contribution in [2.45, 2.75) is 86.1 Å². The molecule has 0 saturated heterocycles. The van der Waals surface area contributed by atoms with Crippen LogP contribution in [0.4, 0.5) is 5.69 Å². The van der Waals surface area contributed by atoms with Crippen molar-refractivity contribution in [1.29, 1.82) is 0 Å². The number of methoxy groups -OCH3 is 1. The van der Waals surface area contributed by atoms with E-state index >= 15 is 0 Å². The van der Waals surface area contributed by atoms with Crippen LogP contribution in [0, 0.1) is 12.8 Å². The summed E-state index contributed by atoms with van der Waals surface area (Å²) in [6, 6.07) is 7.10. The van der Waals surface area contributed by atoms with Gasteiger partial charge in [0.25, 0.3) is 5.91 Å². The summed E-state index contributed by atoms with van der Waals surface area (Å²) in [7, 11) is 1.58. The van der Waals surface area contributed by atoms with Gasteiger partial charge in [-0.05, 0) is 109 Å². The molecule has 1 aliphatic rings. The van der Waals surface area contributed by atoms with E-state index in [0.29, 0.717) is 72.6 Å². The van der Waals surface area contributed by atoms with Crippen LogP contribution >= 0.6 is 0 Å². The van der Waals surface area contributed by atoms with Crippen molar-refractivity contribution < 1.29 is 28.5 Å². The molecule has 3 rings (SSSR count). The number of aliphatic imine (C=N–C) groups is 1. The van der Waals surface area contributed by atoms with E-state index in [1.807, 2.05) is 45.3 Å². The number of rotatable bonds is 20. The van der Waals surface area contributed by atoms with E-state index in [0.717, 1.165) is 43.2 Å². The first-order valence-electron chi connectivity index (χ1n) is 17.3. The molecule has 1 amide bonds. The van der Waals surface area contributed by atoms with E-state index in [2.05, 4.69) is 26.5 Å². The first-order valence-corrected chi connectivity index (χ1v) is 17.3. The molecule has 0 spiro atoms. The largest absolute Gasteiger partial charge is 0.493 e. The lowest BCUT2D eigenvalue weighted by molar-refractivity contribution is 0.0805. The van der Waals surface area contributed by atoms with E-state index in [1.54, 1.807) is 30.2 Å². The van der Waals surface area contributed by atoms with Crippen molar-refractivity contribution >= 4 is 23.6 Å². The molecule has 266 valence electrons. The van der Waals surface area contributed by atoms with Gasteiger partial charge in [0.15, 0.2) is 28.8 Å². The summed E-state index contributed by atoms with van der Waals surface area (Å²) in [5, 5.41) is 0. The second-order valence-electron chi connectivity index (χ2n) is 12.7. The fraction of sp³-hybridized carbons (Fsp3) is 0.475. The van der Waals surface area contributed by atoms with Crippen LogP contribution in [0.5, 0.6) is 23.0 Å². The molecule has 0 radical (unpaired) electrons. The number of amides is 1. The highest BCUT2D eigenvalue weighted by Gasteiger charge is 2.28. The summed E-state index contributed by atoms with van der Waals surface area (Å²) in [5.41, 5.74) is 10.6. The van der Waals surface area contributed by atoms with E-state index < -0.39 is 0 Å². The highest BCUT2D eigenvalue weighted by molar-refractivity contribution is 6.00. The maximum atomic E-state index is 13.4. The number of hydrogen-bond donors (Lipinski definition) is 1. The zero-order chi connectivity index (χ0) is 35.9. The number of carbonyl (C=O) groups is 2. The Hall–Kier alpha value is -4.37. The van der Waals surface area contributed by atoms with Gasteiger partial charge in [-0.2, -0.15) is 0 Å². The third-order valence-corrected chi connectivity index (χ3v) is 8.45. The molecule has 0 aliphatic carbocycles. The van der Waals surface area contributed by atoms with Gasteiger partial charge >= 0.3 is 0 Å². The summed E-state index contributed by atoms with van der Waals surface area (Å²) < 4.78 is 23.9. The molecular weight excluding hydrogens is 618 g/mol. The van der Waals surface area contributed by atoms with Crippen LogP contribution in [-0.4, -0.2) is 62.3 Å². The monoisotopic (exact) mass is 673 g/mol. The Morgan fingerprint density at radius 1 is 0.959 bits per heavy atom. The molecule has 1 aliphatic heterocycles. The minimum Gasteiger partial charge on any atom is -0.493 e. The van der Waals surface area contributed by atoms with Crippen molar-refractivity contribution in [3.05, 3.63) is 77.0 Å². The molecule has 1 heterocycles. The Labute approximate surface area is 292 Å². The number of allylic oxidation sites excluding steroid dienone is 2. The fourth-order valence-electron chi connectivity index (χ4n) is 5.58. The molecule has 9 nitrogen and oxygen atoms in total. The summed E-state index contributed by atoms with van der Waals surface area (Å²) in [6.07, 6.45) is 12.5. The van der Waals surface area contributed by atoms with Gasteiger partial charge in [0.05, 0.1) is 38.7 Å². The molecule has 0 saturated carbocycles. The third-order valence-electron chi connectivity index (χ3n) is 8.45. The minimum atomic E-state index is -0.0899. The Balaban J connectivity index is 1.61. The summed E-state index contributed by atoms with van der Waals surface area (Å²) in [4.78, 5) is 32.3. The van der Waals surface area contributed by atoms with E-state index in [-0.39, 0.29) is 23.7 Å². The van der Waals surface area contributed by atoms with Crippen LogP contribution in [0.25, 0.3) is 0 Å². The Kier molecular flexibility index (Phi) is 15.6. The molecular formula is C40H55N3O6. The molecule has 2 atom stereocenters. The van der Waals surface area contributed by atoms with E-state index in [1.165, 1.54) is 12.5 Å². The van der Waals surface area contributed by atoms with Crippen molar-refractivity contribution in [2.75, 3.05) is 33.5 Å². The maximum Gasteiger partial charge on any atom is 0.258 e. The normalized spacial score (nSPS) is 15.3. The number of unbranched alkanes of at least 4 members (excludes halogenated alkanes) is 2. The fourth-order valence-corrected chi connectivity index (χ4v) is 5.58. The third kappa shape index (κ3) is 11.3. The molecule has 2 N–H and O–H groups in total. The average Bonchev–Trinajstić information content (AvgIpc) is 3.47. The lowest BCUT2D eigenvalue weighted by atomic mass is 10.0. The van der Waals surface area contributed by atoms with Crippen LogP contribution in [0.3, 0.4) is 0 Å². The first kappa shape index (κ1) is 39.1. The standard InChI is InChI=1S/C40H55N3O6/c1-9-27(3)19-28(4)25-42-35-24-39(38(49-18-14-15-41)23-34(35)31(7)44)48-17-13-11-12-16-47-37-21-30(6)33(22-36(37)46-8)40(45)43-26-29(5)20-32(43)10-2/h9-10,21-26,28,32H,2,11-20,41H2,1,3-8H3/b27-9-,42-25?. The van der Waals surface area contributed by atoms with Gasteiger partial charge in [0, 0.05) is 29.6 Å². The van der Waals surface area contributed by atoms with Gasteiger partial charge in [-0.1, -0.05) is 30.2 Å². The predicted octanol–water partition coefficient (Wildman–Crippen LogP) is 8.56. The number of aryl methyl sites for hydroxylation is 1. The zero-order valence-corrected chi connectivity index (χ0v) is 30.5. The second kappa shape index (κ2) is 19.6. The van der Waals surface area contributed by atoms with Crippen molar-refractivity contribution in [3.8, 4) is 23.0 Å². The Morgan fingerprint density at radius 2 is 1.57 bits per heavy atom. The second-order valence-corrected chi connectivity index (χ2v) is 12.7. The predicted molar refractivity (Wildman–Crippen MR) is 198 cm³/mol. The van der Waals surface area contributed by atoms with E-state index in [9.17, 15) is 9.59 Å². The number of nitrogens with zero attached hydrogens (tertiary/aromatic N) is 2. The van der Waals surface area contributed by atoms with Crippen LogP contribution in [0.2, 0.25) is 0 Å². The smallest absolute Gasteiger partial charge is 0.258 e. The first-order chi connectivity index (χ1) is 23.5. The van der Waals surface area contributed by atoms with Gasteiger partial charge in [0.2, 0.25) is 0 Å². The molecule has 2 aromatic rings. The molecule has 2 aromatic carbocycles. The number of ether oxygens (including phenoxy) is 4. The van der Waals surface area contributed by atoms with Gasteiger partial charge in [-0.25, -0.2) is 0 Å². The molecule has 0 fully saturated rings. The number of hydrogen-bond acceptors (Lipinski definition) is 8. The Morgan fingerprint density at radius 3 is 2.16 bits per heavy atom. The molecule has 0 bridgehead atoms. The topological polar surface area (TPSA) is 113 Å².